The van der Waals surface area contributed by atoms with Gasteiger partial charge in [0.05, 0.1) is 4.90 Å². The van der Waals surface area contributed by atoms with Gasteiger partial charge < -0.3 is 5.32 Å². The van der Waals surface area contributed by atoms with Crippen LogP contribution in [0, 0.1) is 0 Å². The van der Waals surface area contributed by atoms with Gasteiger partial charge in [-0.2, -0.15) is 4.31 Å². The summed E-state index contributed by atoms with van der Waals surface area (Å²) in [6, 6.07) is 16.0. The number of carbonyl (C=O) groups is 1. The maximum absolute atomic E-state index is 12.9. The normalized spacial score (nSPS) is 15.5. The van der Waals surface area contributed by atoms with Crippen LogP contribution in [0.1, 0.15) is 30.0 Å². The zero-order chi connectivity index (χ0) is 22.4. The summed E-state index contributed by atoms with van der Waals surface area (Å²) < 4.78 is 28.3. The molecular weight excluding hydrogens is 428 g/mol. The number of sulfonamides is 1. The van der Waals surface area contributed by atoms with E-state index in [2.05, 4.69) is 20.8 Å². The number of carbonyl (C=O) groups excluding carboxylic acids is 1. The van der Waals surface area contributed by atoms with Gasteiger partial charge in [-0.3, -0.25) is 4.79 Å². The van der Waals surface area contributed by atoms with Crippen LogP contribution in [-0.2, 0) is 27.7 Å². The van der Waals surface area contributed by atoms with Crippen LogP contribution in [0.3, 0.4) is 0 Å². The molecule has 0 radical (unpaired) electrons. The standard InChI is InChI=1S/C22H26N6O3S/c29-22(21(28-17-24-25-26-28)16-19-6-2-1-3-7-19)23-13-12-18-8-10-20(11-9-18)32(30,31)27-14-4-5-15-27/h1-3,6-11,17,21H,4-5,12-16H2,(H,23,29)/t21-/m1/s1. The molecule has 1 aromatic heterocycles. The molecule has 1 atom stereocenters. The quantitative estimate of drug-likeness (QED) is 0.526. The van der Waals surface area contributed by atoms with Gasteiger partial charge in [0.15, 0.2) is 0 Å². The molecule has 1 aliphatic rings. The van der Waals surface area contributed by atoms with Crippen LogP contribution in [0.2, 0.25) is 0 Å². The second-order valence-corrected chi connectivity index (χ2v) is 9.73. The monoisotopic (exact) mass is 454 g/mol. The van der Waals surface area contributed by atoms with Crippen LogP contribution in [-0.4, -0.2) is 58.5 Å². The second-order valence-electron chi connectivity index (χ2n) is 7.79. The third-order valence-corrected chi connectivity index (χ3v) is 7.51. The van der Waals surface area contributed by atoms with E-state index in [1.54, 1.807) is 24.3 Å². The Morgan fingerprint density at radius 3 is 2.38 bits per heavy atom. The Morgan fingerprint density at radius 1 is 1.00 bits per heavy atom. The van der Waals surface area contributed by atoms with Crippen molar-refractivity contribution in [3.8, 4) is 0 Å². The van der Waals surface area contributed by atoms with Gasteiger partial charge in [-0.05, 0) is 52.9 Å². The van der Waals surface area contributed by atoms with Crippen LogP contribution in [0.5, 0.6) is 0 Å². The average Bonchev–Trinajstić information content (AvgIpc) is 3.53. The number of benzene rings is 2. The fourth-order valence-corrected chi connectivity index (χ4v) is 5.33. The first-order valence-electron chi connectivity index (χ1n) is 10.7. The van der Waals surface area contributed by atoms with Crippen LogP contribution in [0.25, 0.3) is 0 Å². The molecule has 10 heteroatoms. The molecule has 9 nitrogen and oxygen atoms in total. The van der Waals surface area contributed by atoms with Gasteiger partial charge in [0.2, 0.25) is 15.9 Å². The molecule has 0 aliphatic carbocycles. The van der Waals surface area contributed by atoms with Crippen LogP contribution in [0.4, 0.5) is 0 Å². The van der Waals surface area contributed by atoms with Crippen LogP contribution >= 0.6 is 0 Å². The summed E-state index contributed by atoms with van der Waals surface area (Å²) in [5.74, 6) is -0.172. The van der Waals surface area contributed by atoms with Gasteiger partial charge in [0.25, 0.3) is 0 Å². The fraction of sp³-hybridized carbons (Fsp3) is 0.364. The van der Waals surface area contributed by atoms with E-state index < -0.39 is 16.1 Å². The summed E-state index contributed by atoms with van der Waals surface area (Å²) in [7, 11) is -3.41. The van der Waals surface area contributed by atoms with E-state index >= 15 is 0 Å². The van der Waals surface area contributed by atoms with E-state index in [0.29, 0.717) is 37.4 Å². The molecule has 1 N–H and O–H groups in total. The molecule has 0 unspecified atom stereocenters. The highest BCUT2D eigenvalue weighted by molar-refractivity contribution is 7.89. The first kappa shape index (κ1) is 22.1. The summed E-state index contributed by atoms with van der Waals surface area (Å²) in [4.78, 5) is 13.2. The first-order chi connectivity index (χ1) is 15.5. The van der Waals surface area contributed by atoms with E-state index in [-0.39, 0.29) is 5.91 Å². The van der Waals surface area contributed by atoms with Crippen molar-refractivity contribution >= 4 is 15.9 Å². The van der Waals surface area contributed by atoms with Crippen molar-refractivity contribution < 1.29 is 13.2 Å². The molecule has 1 aliphatic heterocycles. The van der Waals surface area contributed by atoms with Crippen LogP contribution < -0.4 is 5.32 Å². The number of aromatic nitrogens is 4. The minimum atomic E-state index is -3.41. The van der Waals surface area contributed by atoms with Crippen molar-refractivity contribution in [3.05, 3.63) is 72.1 Å². The Labute approximate surface area is 187 Å². The number of amides is 1. The maximum Gasteiger partial charge on any atom is 0.245 e. The van der Waals surface area contributed by atoms with Gasteiger partial charge in [-0.15, -0.1) is 5.10 Å². The van der Waals surface area contributed by atoms with Crippen molar-refractivity contribution in [3.63, 3.8) is 0 Å². The number of nitrogens with one attached hydrogen (secondary N) is 1. The van der Waals surface area contributed by atoms with Gasteiger partial charge in [-0.25, -0.2) is 13.1 Å². The highest BCUT2D eigenvalue weighted by atomic mass is 32.2. The molecule has 2 heterocycles. The summed E-state index contributed by atoms with van der Waals surface area (Å²) in [6.07, 6.45) is 4.32. The molecule has 32 heavy (non-hydrogen) atoms. The van der Waals surface area contributed by atoms with Gasteiger partial charge in [0.1, 0.15) is 12.4 Å². The van der Waals surface area contributed by atoms with E-state index in [1.165, 1.54) is 15.3 Å². The first-order valence-corrected chi connectivity index (χ1v) is 12.1. The van der Waals surface area contributed by atoms with Crippen molar-refractivity contribution in [2.24, 2.45) is 0 Å². The van der Waals surface area contributed by atoms with Gasteiger partial charge in [-0.1, -0.05) is 42.5 Å². The Kier molecular flexibility index (Phi) is 6.91. The van der Waals surface area contributed by atoms with Crippen molar-refractivity contribution in [2.45, 2.75) is 36.6 Å². The summed E-state index contributed by atoms with van der Waals surface area (Å²) in [5, 5.41) is 14.1. The zero-order valence-corrected chi connectivity index (χ0v) is 18.5. The maximum atomic E-state index is 12.9. The van der Waals surface area contributed by atoms with Gasteiger partial charge in [0, 0.05) is 26.1 Å². The highest BCUT2D eigenvalue weighted by Gasteiger charge is 2.27. The van der Waals surface area contributed by atoms with Crippen molar-refractivity contribution in [2.75, 3.05) is 19.6 Å². The van der Waals surface area contributed by atoms with E-state index in [9.17, 15) is 13.2 Å². The summed E-state index contributed by atoms with van der Waals surface area (Å²) >= 11 is 0. The van der Waals surface area contributed by atoms with Crippen LogP contribution in [0.15, 0.2) is 65.8 Å². The molecule has 1 fully saturated rings. The van der Waals surface area contributed by atoms with E-state index in [0.717, 1.165) is 24.0 Å². The fourth-order valence-electron chi connectivity index (χ4n) is 3.81. The molecule has 3 aromatic rings. The minimum Gasteiger partial charge on any atom is -0.354 e. The summed E-state index contributed by atoms with van der Waals surface area (Å²) in [6.45, 7) is 1.59. The zero-order valence-electron chi connectivity index (χ0n) is 17.7. The predicted molar refractivity (Wildman–Crippen MR) is 118 cm³/mol. The smallest absolute Gasteiger partial charge is 0.245 e. The number of nitrogens with zero attached hydrogens (tertiary/aromatic N) is 5. The van der Waals surface area contributed by atoms with E-state index in [4.69, 9.17) is 0 Å². The molecule has 4 rings (SSSR count). The predicted octanol–water partition coefficient (Wildman–Crippen LogP) is 1.60. The molecule has 168 valence electrons. The molecule has 0 spiro atoms. The Balaban J connectivity index is 1.35. The Hall–Kier alpha value is -3.11. The average molecular weight is 455 g/mol. The number of tetrazole rings is 1. The number of hydrogen-bond donors (Lipinski definition) is 1. The lowest BCUT2D eigenvalue weighted by Crippen LogP contribution is -2.35. The molecule has 2 aromatic carbocycles. The highest BCUT2D eigenvalue weighted by Crippen LogP contribution is 2.21. The lowest BCUT2D eigenvalue weighted by molar-refractivity contribution is -0.124. The molecule has 1 amide bonds. The van der Waals surface area contributed by atoms with Crippen molar-refractivity contribution in [1.82, 2.24) is 29.8 Å². The Bertz CT molecular complexity index is 1110. The number of hydrogen-bond acceptors (Lipinski definition) is 6. The third kappa shape index (κ3) is 5.20. The largest absolute Gasteiger partial charge is 0.354 e. The topological polar surface area (TPSA) is 110 Å². The molecule has 1 saturated heterocycles. The second kappa shape index (κ2) is 10.0. The summed E-state index contributed by atoms with van der Waals surface area (Å²) in [5.41, 5.74) is 1.96. The number of rotatable bonds is 9. The van der Waals surface area contributed by atoms with E-state index in [1.807, 2.05) is 30.3 Å². The van der Waals surface area contributed by atoms with Gasteiger partial charge >= 0.3 is 0 Å². The van der Waals surface area contributed by atoms with Crippen molar-refractivity contribution in [1.29, 1.82) is 0 Å². The lowest BCUT2D eigenvalue weighted by atomic mass is 10.1. The molecular formula is C22H26N6O3S. The SMILES string of the molecule is O=C(NCCc1ccc(S(=O)(=O)N2CCCC2)cc1)[C@@H](Cc1ccccc1)n1cnnn1. The third-order valence-electron chi connectivity index (χ3n) is 5.60. The minimum absolute atomic E-state index is 0.172. The molecule has 0 saturated carbocycles. The Morgan fingerprint density at radius 2 is 1.72 bits per heavy atom. The molecule has 0 bridgehead atoms. The lowest BCUT2D eigenvalue weighted by Gasteiger charge is -2.17.